The summed E-state index contributed by atoms with van der Waals surface area (Å²) in [6, 6.07) is 12.2. The summed E-state index contributed by atoms with van der Waals surface area (Å²) in [5.41, 5.74) is 1.78. The fourth-order valence-electron chi connectivity index (χ4n) is 2.00. The van der Waals surface area contributed by atoms with Crippen molar-refractivity contribution in [2.75, 3.05) is 5.32 Å². The fourth-order valence-corrected chi connectivity index (χ4v) is 2.00. The van der Waals surface area contributed by atoms with Crippen molar-refractivity contribution in [2.45, 2.75) is 25.7 Å². The minimum atomic E-state index is -4.31. The van der Waals surface area contributed by atoms with Gasteiger partial charge in [0, 0.05) is 11.7 Å². The van der Waals surface area contributed by atoms with Gasteiger partial charge in [-0.05, 0) is 42.3 Å². The first kappa shape index (κ1) is 15.4. The van der Waals surface area contributed by atoms with E-state index in [0.29, 0.717) is 0 Å². The zero-order chi connectivity index (χ0) is 15.5. The molecule has 5 heteroatoms. The van der Waals surface area contributed by atoms with Gasteiger partial charge in [0.05, 0.1) is 12.2 Å². The molecule has 2 rings (SSSR count). The molecule has 0 saturated heterocycles. The normalized spacial score (nSPS) is 13.0. The SMILES string of the molecule is CC(Nc1ccc(CO)cc1)c1ccc(C(F)(F)F)cc1. The number of halogens is 3. The number of alkyl halides is 3. The molecule has 0 fully saturated rings. The van der Waals surface area contributed by atoms with Gasteiger partial charge in [-0.3, -0.25) is 0 Å². The van der Waals surface area contributed by atoms with Crippen LogP contribution in [0.2, 0.25) is 0 Å². The summed E-state index contributed by atoms with van der Waals surface area (Å²) >= 11 is 0. The van der Waals surface area contributed by atoms with Gasteiger partial charge in [-0.1, -0.05) is 24.3 Å². The first-order valence-corrected chi connectivity index (χ1v) is 6.53. The molecule has 2 aromatic rings. The van der Waals surface area contributed by atoms with Gasteiger partial charge in [-0.2, -0.15) is 13.2 Å². The third-order valence-corrected chi connectivity index (χ3v) is 3.26. The van der Waals surface area contributed by atoms with Crippen molar-refractivity contribution in [3.05, 3.63) is 65.2 Å². The molecule has 0 radical (unpaired) electrons. The molecule has 0 aliphatic heterocycles. The molecule has 0 bridgehead atoms. The van der Waals surface area contributed by atoms with E-state index in [-0.39, 0.29) is 12.6 Å². The van der Waals surface area contributed by atoms with Gasteiger partial charge >= 0.3 is 6.18 Å². The van der Waals surface area contributed by atoms with E-state index in [0.717, 1.165) is 28.9 Å². The summed E-state index contributed by atoms with van der Waals surface area (Å²) in [5.74, 6) is 0. The van der Waals surface area contributed by atoms with Crippen LogP contribution >= 0.6 is 0 Å². The van der Waals surface area contributed by atoms with Crippen LogP contribution in [0.3, 0.4) is 0 Å². The molecule has 0 aliphatic carbocycles. The molecule has 0 aliphatic rings. The topological polar surface area (TPSA) is 32.3 Å². The van der Waals surface area contributed by atoms with Crippen molar-refractivity contribution < 1.29 is 18.3 Å². The maximum atomic E-state index is 12.5. The lowest BCUT2D eigenvalue weighted by Crippen LogP contribution is -2.08. The van der Waals surface area contributed by atoms with Gasteiger partial charge in [-0.25, -0.2) is 0 Å². The van der Waals surface area contributed by atoms with Crippen LogP contribution in [-0.4, -0.2) is 5.11 Å². The van der Waals surface area contributed by atoms with Crippen molar-refractivity contribution in [3.8, 4) is 0 Å². The second-order valence-electron chi connectivity index (χ2n) is 4.84. The maximum Gasteiger partial charge on any atom is 0.416 e. The van der Waals surface area contributed by atoms with Crippen LogP contribution in [0, 0.1) is 0 Å². The minimum absolute atomic E-state index is 0.0191. The van der Waals surface area contributed by atoms with Crippen molar-refractivity contribution in [2.24, 2.45) is 0 Å². The first-order chi connectivity index (χ1) is 9.90. The Kier molecular flexibility index (Phi) is 4.53. The van der Waals surface area contributed by atoms with Gasteiger partial charge in [0.15, 0.2) is 0 Å². The number of hydrogen-bond acceptors (Lipinski definition) is 2. The number of aliphatic hydroxyl groups excluding tert-OH is 1. The van der Waals surface area contributed by atoms with Crippen molar-refractivity contribution in [1.82, 2.24) is 0 Å². The molecule has 0 heterocycles. The Hall–Kier alpha value is -2.01. The molecule has 0 aromatic heterocycles. The van der Waals surface area contributed by atoms with Gasteiger partial charge in [0.2, 0.25) is 0 Å². The van der Waals surface area contributed by atoms with E-state index >= 15 is 0 Å². The van der Waals surface area contributed by atoms with Crippen molar-refractivity contribution in [3.63, 3.8) is 0 Å². The van der Waals surface area contributed by atoms with Gasteiger partial charge in [0.1, 0.15) is 0 Å². The van der Waals surface area contributed by atoms with Crippen LogP contribution in [0.25, 0.3) is 0 Å². The summed E-state index contributed by atoms with van der Waals surface area (Å²) in [5, 5.41) is 12.2. The predicted molar refractivity (Wildman–Crippen MR) is 75.8 cm³/mol. The lowest BCUT2D eigenvalue weighted by atomic mass is 10.1. The zero-order valence-corrected chi connectivity index (χ0v) is 11.5. The number of anilines is 1. The standard InChI is InChI=1S/C16H16F3NO/c1-11(20-15-8-2-12(10-21)3-9-15)13-4-6-14(7-5-13)16(17,18)19/h2-9,11,20-21H,10H2,1H3. The van der Waals surface area contributed by atoms with E-state index in [2.05, 4.69) is 5.32 Å². The zero-order valence-electron chi connectivity index (χ0n) is 11.5. The molecule has 2 aromatic carbocycles. The maximum absolute atomic E-state index is 12.5. The predicted octanol–water partition coefficient (Wildman–Crippen LogP) is 4.37. The third-order valence-electron chi connectivity index (χ3n) is 3.26. The van der Waals surface area contributed by atoms with Crippen LogP contribution in [0.5, 0.6) is 0 Å². The van der Waals surface area contributed by atoms with Gasteiger partial charge in [0.25, 0.3) is 0 Å². The smallest absolute Gasteiger partial charge is 0.392 e. The van der Waals surface area contributed by atoms with Crippen molar-refractivity contribution in [1.29, 1.82) is 0 Å². The Morgan fingerprint density at radius 3 is 2.05 bits per heavy atom. The summed E-state index contributed by atoms with van der Waals surface area (Å²) < 4.78 is 37.5. The van der Waals surface area contributed by atoms with Gasteiger partial charge in [-0.15, -0.1) is 0 Å². The highest BCUT2D eigenvalue weighted by Crippen LogP contribution is 2.30. The minimum Gasteiger partial charge on any atom is -0.392 e. The molecule has 0 spiro atoms. The summed E-state index contributed by atoms with van der Waals surface area (Å²) in [6.45, 7) is 1.86. The average molecular weight is 295 g/mol. The molecule has 21 heavy (non-hydrogen) atoms. The van der Waals surface area contributed by atoms with Crippen LogP contribution in [0.4, 0.5) is 18.9 Å². The number of rotatable bonds is 4. The van der Waals surface area contributed by atoms with E-state index in [4.69, 9.17) is 5.11 Å². The Morgan fingerprint density at radius 2 is 1.57 bits per heavy atom. The number of nitrogens with one attached hydrogen (secondary N) is 1. The number of hydrogen-bond donors (Lipinski definition) is 2. The highest BCUT2D eigenvalue weighted by atomic mass is 19.4. The van der Waals surface area contributed by atoms with Crippen molar-refractivity contribution >= 4 is 5.69 Å². The Morgan fingerprint density at radius 1 is 1.00 bits per heavy atom. The monoisotopic (exact) mass is 295 g/mol. The number of benzene rings is 2. The highest BCUT2D eigenvalue weighted by Gasteiger charge is 2.30. The van der Waals surface area contributed by atoms with E-state index in [1.807, 2.05) is 19.1 Å². The lowest BCUT2D eigenvalue weighted by molar-refractivity contribution is -0.137. The van der Waals surface area contributed by atoms with E-state index in [1.54, 1.807) is 12.1 Å². The molecular formula is C16H16F3NO. The Labute approximate surface area is 121 Å². The van der Waals surface area contributed by atoms with E-state index in [9.17, 15) is 13.2 Å². The van der Waals surface area contributed by atoms with Gasteiger partial charge < -0.3 is 10.4 Å². The molecule has 1 atom stereocenters. The molecule has 0 saturated carbocycles. The third kappa shape index (κ3) is 3.98. The Balaban J connectivity index is 2.07. The van der Waals surface area contributed by atoms with Crippen LogP contribution in [-0.2, 0) is 12.8 Å². The average Bonchev–Trinajstić information content (AvgIpc) is 2.47. The molecule has 2 N–H and O–H groups in total. The summed E-state index contributed by atoms with van der Waals surface area (Å²) in [4.78, 5) is 0. The number of aliphatic hydroxyl groups is 1. The Bertz CT molecular complexity index is 576. The second-order valence-corrected chi connectivity index (χ2v) is 4.84. The van der Waals surface area contributed by atoms with Crippen LogP contribution in [0.15, 0.2) is 48.5 Å². The molecule has 0 amide bonds. The summed E-state index contributed by atoms with van der Waals surface area (Å²) in [6.07, 6.45) is -4.31. The molecule has 2 nitrogen and oxygen atoms in total. The lowest BCUT2D eigenvalue weighted by Gasteiger charge is -2.17. The van der Waals surface area contributed by atoms with Crippen LogP contribution < -0.4 is 5.32 Å². The summed E-state index contributed by atoms with van der Waals surface area (Å²) in [7, 11) is 0. The fraction of sp³-hybridized carbons (Fsp3) is 0.250. The molecule has 1 unspecified atom stereocenters. The largest absolute Gasteiger partial charge is 0.416 e. The first-order valence-electron chi connectivity index (χ1n) is 6.53. The second kappa shape index (κ2) is 6.18. The quantitative estimate of drug-likeness (QED) is 0.877. The van der Waals surface area contributed by atoms with E-state index in [1.165, 1.54) is 12.1 Å². The molecular weight excluding hydrogens is 279 g/mol. The van der Waals surface area contributed by atoms with Crippen LogP contribution in [0.1, 0.15) is 29.7 Å². The molecule has 112 valence electrons. The van der Waals surface area contributed by atoms with E-state index < -0.39 is 11.7 Å². The highest BCUT2D eigenvalue weighted by molar-refractivity contribution is 5.46.